The molecule has 21 heavy (non-hydrogen) atoms. The third-order valence-corrected chi connectivity index (χ3v) is 6.49. The van der Waals surface area contributed by atoms with Crippen LogP contribution in [-0.2, 0) is 6.42 Å². The number of thiophene rings is 1. The van der Waals surface area contributed by atoms with Crippen molar-refractivity contribution in [1.29, 1.82) is 0 Å². The van der Waals surface area contributed by atoms with Crippen molar-refractivity contribution in [3.8, 4) is 0 Å². The molecule has 1 nitrogen and oxygen atoms in total. The van der Waals surface area contributed by atoms with Crippen LogP contribution in [0.2, 0.25) is 0 Å². The molecule has 0 aliphatic rings. The Hall–Kier alpha value is -0.300. The van der Waals surface area contributed by atoms with E-state index in [1.807, 2.05) is 6.07 Å². The zero-order valence-electron chi connectivity index (χ0n) is 11.4. The summed E-state index contributed by atoms with van der Waals surface area (Å²) in [4.78, 5) is 1.05. The Morgan fingerprint density at radius 1 is 1.24 bits per heavy atom. The Labute approximate surface area is 144 Å². The van der Waals surface area contributed by atoms with Gasteiger partial charge in [0.15, 0.2) is 0 Å². The van der Waals surface area contributed by atoms with E-state index in [2.05, 4.69) is 44.1 Å². The molecule has 0 fully saturated rings. The minimum Gasteiger partial charge on any atom is -0.309 e. The first-order valence-electron chi connectivity index (χ1n) is 6.64. The Kier molecular flexibility index (Phi) is 6.34. The molecule has 0 saturated carbocycles. The molecule has 0 spiro atoms. The molecule has 0 aliphatic heterocycles. The first-order valence-corrected chi connectivity index (χ1v) is 9.04. The summed E-state index contributed by atoms with van der Waals surface area (Å²) in [6.45, 7) is 2.86. The number of nitrogens with one attached hydrogen (secondary N) is 1. The fourth-order valence-corrected chi connectivity index (χ4v) is 4.22. The second-order valence-corrected chi connectivity index (χ2v) is 7.94. The number of hydrogen-bond donors (Lipinski definition) is 1. The Bertz CT molecular complexity index is 576. The Morgan fingerprint density at radius 3 is 2.43 bits per heavy atom. The fraction of sp³-hybridized carbons (Fsp3) is 0.333. The maximum absolute atomic E-state index is 13.9. The van der Waals surface area contributed by atoms with Crippen molar-refractivity contribution in [1.82, 2.24) is 5.32 Å². The number of rotatable bonds is 6. The minimum atomic E-state index is -0.493. The molecule has 0 amide bonds. The molecule has 1 unspecified atom stereocenters. The van der Waals surface area contributed by atoms with Crippen LogP contribution < -0.4 is 5.32 Å². The molecule has 0 saturated heterocycles. The first kappa shape index (κ1) is 17.1. The summed E-state index contributed by atoms with van der Waals surface area (Å²) in [5.41, 5.74) is 0.131. The maximum Gasteiger partial charge on any atom is 0.129 e. The molecule has 1 aromatic carbocycles. The van der Waals surface area contributed by atoms with Gasteiger partial charge in [0.25, 0.3) is 0 Å². The molecule has 6 heteroatoms. The van der Waals surface area contributed by atoms with Crippen LogP contribution in [0.5, 0.6) is 0 Å². The molecular formula is C15H15Br2F2NS. The minimum absolute atomic E-state index is 0.107. The van der Waals surface area contributed by atoms with Crippen LogP contribution >= 0.6 is 43.2 Å². The monoisotopic (exact) mass is 437 g/mol. The van der Waals surface area contributed by atoms with Crippen LogP contribution in [0.1, 0.15) is 29.8 Å². The Balaban J connectivity index is 2.28. The average molecular weight is 439 g/mol. The Morgan fingerprint density at radius 2 is 1.90 bits per heavy atom. The largest absolute Gasteiger partial charge is 0.309 e. The van der Waals surface area contributed by atoms with Gasteiger partial charge in [-0.3, -0.25) is 0 Å². The lowest BCUT2D eigenvalue weighted by molar-refractivity contribution is 0.494. The van der Waals surface area contributed by atoms with E-state index in [-0.39, 0.29) is 18.0 Å². The first-order chi connectivity index (χ1) is 10.0. The third kappa shape index (κ3) is 4.34. The van der Waals surface area contributed by atoms with Gasteiger partial charge in [0.2, 0.25) is 0 Å². The van der Waals surface area contributed by atoms with Gasteiger partial charge in [-0.25, -0.2) is 8.78 Å². The highest BCUT2D eigenvalue weighted by atomic mass is 79.9. The normalized spacial score (nSPS) is 12.6. The highest BCUT2D eigenvalue weighted by molar-refractivity contribution is 9.13. The third-order valence-electron chi connectivity index (χ3n) is 3.12. The summed E-state index contributed by atoms with van der Waals surface area (Å²) in [6.07, 6.45) is 1.25. The smallest absolute Gasteiger partial charge is 0.129 e. The summed E-state index contributed by atoms with van der Waals surface area (Å²) < 4.78 is 29.6. The van der Waals surface area contributed by atoms with Gasteiger partial charge in [0, 0.05) is 21.0 Å². The molecule has 0 bridgehead atoms. The van der Waals surface area contributed by atoms with Gasteiger partial charge in [0.05, 0.1) is 3.79 Å². The molecule has 2 rings (SSSR count). The summed E-state index contributed by atoms with van der Waals surface area (Å²) >= 11 is 8.48. The topological polar surface area (TPSA) is 12.0 Å². The van der Waals surface area contributed by atoms with Gasteiger partial charge >= 0.3 is 0 Å². The van der Waals surface area contributed by atoms with E-state index in [9.17, 15) is 8.78 Å². The summed E-state index contributed by atoms with van der Waals surface area (Å²) in [6, 6.07) is 5.87. The average Bonchev–Trinajstić information content (AvgIpc) is 2.77. The van der Waals surface area contributed by atoms with Gasteiger partial charge in [0.1, 0.15) is 11.6 Å². The molecule has 0 radical (unpaired) electrons. The van der Waals surface area contributed by atoms with Crippen LogP contribution in [0.3, 0.4) is 0 Å². The molecule has 114 valence electrons. The van der Waals surface area contributed by atoms with Crippen LogP contribution in [0, 0.1) is 11.6 Å². The maximum atomic E-state index is 13.9. The molecule has 1 heterocycles. The molecule has 2 aromatic rings. The lowest BCUT2D eigenvalue weighted by atomic mass is 10.0. The van der Waals surface area contributed by atoms with Crippen molar-refractivity contribution in [3.05, 3.63) is 54.6 Å². The molecule has 0 aliphatic carbocycles. The van der Waals surface area contributed by atoms with E-state index in [1.54, 1.807) is 11.3 Å². The van der Waals surface area contributed by atoms with Gasteiger partial charge < -0.3 is 5.32 Å². The lowest BCUT2D eigenvalue weighted by Gasteiger charge is -2.18. The van der Waals surface area contributed by atoms with Crippen molar-refractivity contribution < 1.29 is 8.78 Å². The molecule has 1 aromatic heterocycles. The molecule has 1 N–H and O–H groups in total. The van der Waals surface area contributed by atoms with Crippen LogP contribution in [-0.4, -0.2) is 6.54 Å². The predicted octanol–water partition coefficient (Wildman–Crippen LogP) is 5.83. The van der Waals surface area contributed by atoms with Crippen LogP contribution in [0.15, 0.2) is 32.5 Å². The number of benzene rings is 1. The van der Waals surface area contributed by atoms with Gasteiger partial charge in [-0.05, 0) is 69.4 Å². The van der Waals surface area contributed by atoms with E-state index in [0.717, 1.165) is 26.1 Å². The van der Waals surface area contributed by atoms with Gasteiger partial charge in [-0.1, -0.05) is 13.0 Å². The molecule has 1 atom stereocenters. The van der Waals surface area contributed by atoms with Gasteiger partial charge in [-0.15, -0.1) is 11.3 Å². The summed E-state index contributed by atoms with van der Waals surface area (Å²) in [5, 5.41) is 3.36. The SMILES string of the molecule is CCCNC(Cc1c(F)cccc1F)c1cc(Br)c(Br)s1. The highest BCUT2D eigenvalue weighted by Gasteiger charge is 2.19. The quantitative estimate of drug-likeness (QED) is 0.597. The lowest BCUT2D eigenvalue weighted by Crippen LogP contribution is -2.24. The second kappa shape index (κ2) is 7.81. The highest BCUT2D eigenvalue weighted by Crippen LogP contribution is 2.36. The fourth-order valence-electron chi connectivity index (χ4n) is 2.06. The van der Waals surface area contributed by atoms with E-state index in [4.69, 9.17) is 0 Å². The summed E-state index contributed by atoms with van der Waals surface area (Å²) in [5.74, 6) is -0.985. The van der Waals surface area contributed by atoms with Crippen LogP contribution in [0.4, 0.5) is 8.78 Å². The number of halogens is 4. The van der Waals surface area contributed by atoms with Crippen molar-refractivity contribution >= 4 is 43.2 Å². The van der Waals surface area contributed by atoms with Gasteiger partial charge in [-0.2, -0.15) is 0 Å². The van der Waals surface area contributed by atoms with Crippen molar-refractivity contribution in [3.63, 3.8) is 0 Å². The zero-order valence-corrected chi connectivity index (χ0v) is 15.4. The van der Waals surface area contributed by atoms with Crippen molar-refractivity contribution in [2.45, 2.75) is 25.8 Å². The number of hydrogen-bond acceptors (Lipinski definition) is 2. The molecular weight excluding hydrogens is 424 g/mol. The van der Waals surface area contributed by atoms with Crippen molar-refractivity contribution in [2.75, 3.05) is 6.54 Å². The van der Waals surface area contributed by atoms with Crippen LogP contribution in [0.25, 0.3) is 0 Å². The van der Waals surface area contributed by atoms with Crippen molar-refractivity contribution in [2.24, 2.45) is 0 Å². The van der Waals surface area contributed by atoms with E-state index in [1.165, 1.54) is 18.2 Å². The van der Waals surface area contributed by atoms with E-state index < -0.39 is 11.6 Å². The summed E-state index contributed by atoms with van der Waals surface area (Å²) in [7, 11) is 0. The standard InChI is InChI=1S/C15H15Br2F2NS/c1-2-6-20-13(14-8-10(16)15(17)21-14)7-9-11(18)4-3-5-12(9)19/h3-5,8,13,20H,2,6-7H2,1H3. The predicted molar refractivity (Wildman–Crippen MR) is 90.8 cm³/mol. The van der Waals surface area contributed by atoms with E-state index >= 15 is 0 Å². The van der Waals surface area contributed by atoms with E-state index in [0.29, 0.717) is 0 Å². The zero-order chi connectivity index (χ0) is 15.4. The second-order valence-electron chi connectivity index (χ2n) is 4.68.